The quantitative estimate of drug-likeness (QED) is 0.848. The molecule has 2 aromatic rings. The zero-order valence-electron chi connectivity index (χ0n) is 16.8. The Morgan fingerprint density at radius 1 is 1.26 bits per heavy atom. The molecule has 0 bridgehead atoms. The summed E-state index contributed by atoms with van der Waals surface area (Å²) < 4.78 is 5.44. The number of urea groups is 1. The maximum Gasteiger partial charge on any atom is 0.318 e. The van der Waals surface area contributed by atoms with Crippen LogP contribution in [-0.2, 0) is 6.54 Å². The fourth-order valence-corrected chi connectivity index (χ4v) is 3.47. The standard InChI is InChI=1S/C21H30N4O2/c1-15-9-8-10-16(13-15)19-23-18(27-24-19)14-25(21(2,3)4)20(26)22-17-11-6-5-7-12-17/h8-10,13,17H,5-7,11-12,14H2,1-4H3,(H,22,26). The topological polar surface area (TPSA) is 71.3 Å². The Kier molecular flexibility index (Phi) is 5.82. The third-order valence-corrected chi connectivity index (χ3v) is 5.03. The van der Waals surface area contributed by atoms with Crippen LogP contribution in [0.1, 0.15) is 64.3 Å². The van der Waals surface area contributed by atoms with E-state index >= 15 is 0 Å². The highest BCUT2D eigenvalue weighted by atomic mass is 16.5. The Morgan fingerprint density at radius 2 is 2.00 bits per heavy atom. The van der Waals surface area contributed by atoms with Gasteiger partial charge in [0.1, 0.15) is 6.54 Å². The molecule has 1 fully saturated rings. The average molecular weight is 370 g/mol. The van der Waals surface area contributed by atoms with Gasteiger partial charge in [0.15, 0.2) is 0 Å². The van der Waals surface area contributed by atoms with E-state index in [2.05, 4.69) is 15.5 Å². The van der Waals surface area contributed by atoms with Crippen LogP contribution in [0.15, 0.2) is 28.8 Å². The van der Waals surface area contributed by atoms with Crippen molar-refractivity contribution in [3.63, 3.8) is 0 Å². The van der Waals surface area contributed by atoms with Crippen LogP contribution in [0.4, 0.5) is 4.79 Å². The van der Waals surface area contributed by atoms with E-state index in [0.717, 1.165) is 24.0 Å². The van der Waals surface area contributed by atoms with Gasteiger partial charge in [-0.2, -0.15) is 4.98 Å². The molecule has 0 spiro atoms. The number of benzene rings is 1. The second-order valence-electron chi connectivity index (χ2n) is 8.42. The van der Waals surface area contributed by atoms with Crippen LogP contribution in [0.25, 0.3) is 11.4 Å². The molecule has 0 unspecified atom stereocenters. The van der Waals surface area contributed by atoms with Gasteiger partial charge in [-0.25, -0.2) is 4.79 Å². The van der Waals surface area contributed by atoms with Crippen LogP contribution in [0.3, 0.4) is 0 Å². The van der Waals surface area contributed by atoms with Crippen LogP contribution >= 0.6 is 0 Å². The molecule has 1 N–H and O–H groups in total. The maximum absolute atomic E-state index is 12.9. The Bertz CT molecular complexity index is 772. The zero-order valence-corrected chi connectivity index (χ0v) is 16.8. The number of hydrogen-bond acceptors (Lipinski definition) is 4. The number of rotatable bonds is 4. The third kappa shape index (κ3) is 5.08. The SMILES string of the molecule is Cc1cccc(-c2noc(CN(C(=O)NC3CCCCC3)C(C)(C)C)n2)c1. The third-order valence-electron chi connectivity index (χ3n) is 5.03. The number of nitrogens with zero attached hydrogens (tertiary/aromatic N) is 3. The van der Waals surface area contributed by atoms with E-state index in [1.807, 2.05) is 52.0 Å². The summed E-state index contributed by atoms with van der Waals surface area (Å²) in [6.45, 7) is 8.38. The summed E-state index contributed by atoms with van der Waals surface area (Å²) in [5, 5.41) is 7.28. The van der Waals surface area contributed by atoms with Crippen LogP contribution in [0.2, 0.25) is 0 Å². The lowest BCUT2D eigenvalue weighted by Gasteiger charge is -2.36. The van der Waals surface area contributed by atoms with Crippen molar-refractivity contribution in [2.24, 2.45) is 0 Å². The molecule has 1 heterocycles. The molecule has 0 aliphatic heterocycles. The molecule has 146 valence electrons. The minimum atomic E-state index is -0.350. The van der Waals surface area contributed by atoms with Gasteiger partial charge < -0.3 is 14.7 Å². The van der Waals surface area contributed by atoms with Gasteiger partial charge in [-0.05, 0) is 46.6 Å². The first kappa shape index (κ1) is 19.4. The van der Waals surface area contributed by atoms with Crippen molar-refractivity contribution in [2.45, 2.75) is 77.9 Å². The summed E-state index contributed by atoms with van der Waals surface area (Å²) in [5.41, 5.74) is 1.71. The number of amides is 2. The van der Waals surface area contributed by atoms with E-state index in [-0.39, 0.29) is 17.6 Å². The molecule has 3 rings (SSSR count). The van der Waals surface area contributed by atoms with Gasteiger partial charge in [0, 0.05) is 17.1 Å². The molecular weight excluding hydrogens is 340 g/mol. The molecule has 2 amide bonds. The molecular formula is C21H30N4O2. The van der Waals surface area contributed by atoms with Crippen molar-refractivity contribution in [2.75, 3.05) is 0 Å². The Labute approximate surface area is 161 Å². The molecule has 6 heteroatoms. The summed E-state index contributed by atoms with van der Waals surface area (Å²) in [6, 6.07) is 8.18. The fourth-order valence-electron chi connectivity index (χ4n) is 3.47. The highest BCUT2D eigenvalue weighted by Gasteiger charge is 2.30. The number of nitrogens with one attached hydrogen (secondary N) is 1. The molecule has 6 nitrogen and oxygen atoms in total. The minimum absolute atomic E-state index is 0.0651. The summed E-state index contributed by atoms with van der Waals surface area (Å²) >= 11 is 0. The highest BCUT2D eigenvalue weighted by Crippen LogP contribution is 2.22. The van der Waals surface area contributed by atoms with Gasteiger partial charge >= 0.3 is 6.03 Å². The molecule has 1 aliphatic carbocycles. The monoisotopic (exact) mass is 370 g/mol. The van der Waals surface area contributed by atoms with Gasteiger partial charge in [-0.15, -0.1) is 0 Å². The molecule has 27 heavy (non-hydrogen) atoms. The van der Waals surface area contributed by atoms with Gasteiger partial charge in [0.2, 0.25) is 11.7 Å². The van der Waals surface area contributed by atoms with Gasteiger partial charge in [0.25, 0.3) is 0 Å². The van der Waals surface area contributed by atoms with Crippen LogP contribution < -0.4 is 5.32 Å². The van der Waals surface area contributed by atoms with E-state index in [1.54, 1.807) is 4.90 Å². The first-order chi connectivity index (χ1) is 12.8. The molecule has 1 aromatic carbocycles. The number of aromatic nitrogens is 2. The van der Waals surface area contributed by atoms with Crippen molar-refractivity contribution in [1.82, 2.24) is 20.4 Å². The second kappa shape index (κ2) is 8.11. The van der Waals surface area contributed by atoms with Crippen molar-refractivity contribution < 1.29 is 9.32 Å². The summed E-state index contributed by atoms with van der Waals surface area (Å²) in [7, 11) is 0. The van der Waals surface area contributed by atoms with Crippen molar-refractivity contribution in [3.8, 4) is 11.4 Å². The molecule has 1 aromatic heterocycles. The highest BCUT2D eigenvalue weighted by molar-refractivity contribution is 5.75. The number of aryl methyl sites for hydroxylation is 1. The Hall–Kier alpha value is -2.37. The fraction of sp³-hybridized carbons (Fsp3) is 0.571. The molecule has 1 saturated carbocycles. The largest absolute Gasteiger partial charge is 0.337 e. The normalized spacial score (nSPS) is 15.6. The first-order valence-corrected chi connectivity index (χ1v) is 9.81. The smallest absolute Gasteiger partial charge is 0.318 e. The van der Waals surface area contributed by atoms with Gasteiger partial charge in [-0.3, -0.25) is 0 Å². The average Bonchev–Trinajstić information content (AvgIpc) is 3.08. The molecule has 0 atom stereocenters. The maximum atomic E-state index is 12.9. The van der Waals surface area contributed by atoms with E-state index in [9.17, 15) is 4.79 Å². The second-order valence-corrected chi connectivity index (χ2v) is 8.42. The summed E-state index contributed by atoms with van der Waals surface area (Å²) in [6.07, 6.45) is 5.75. The van der Waals surface area contributed by atoms with Crippen molar-refractivity contribution >= 4 is 6.03 Å². The number of carbonyl (C=O) groups is 1. The number of hydrogen-bond donors (Lipinski definition) is 1. The van der Waals surface area contributed by atoms with Crippen LogP contribution in [-0.4, -0.2) is 32.7 Å². The van der Waals surface area contributed by atoms with Crippen LogP contribution in [0.5, 0.6) is 0 Å². The molecule has 0 radical (unpaired) electrons. The summed E-state index contributed by atoms with van der Waals surface area (Å²) in [4.78, 5) is 19.2. The molecule has 0 saturated heterocycles. The lowest BCUT2D eigenvalue weighted by molar-refractivity contribution is 0.124. The van der Waals surface area contributed by atoms with Crippen LogP contribution in [0, 0.1) is 6.92 Å². The van der Waals surface area contributed by atoms with Gasteiger partial charge in [-0.1, -0.05) is 48.2 Å². The van der Waals surface area contributed by atoms with Crippen molar-refractivity contribution in [3.05, 3.63) is 35.7 Å². The molecule has 1 aliphatic rings. The lowest BCUT2D eigenvalue weighted by Crippen LogP contribution is -2.52. The van der Waals surface area contributed by atoms with E-state index in [1.165, 1.54) is 19.3 Å². The first-order valence-electron chi connectivity index (χ1n) is 9.81. The predicted octanol–water partition coefficient (Wildman–Crippen LogP) is 4.69. The van der Waals surface area contributed by atoms with E-state index in [4.69, 9.17) is 4.52 Å². The number of carbonyl (C=O) groups excluding carboxylic acids is 1. The van der Waals surface area contributed by atoms with Gasteiger partial charge in [0.05, 0.1) is 0 Å². The Balaban J connectivity index is 1.72. The Morgan fingerprint density at radius 3 is 2.67 bits per heavy atom. The minimum Gasteiger partial charge on any atom is -0.337 e. The lowest BCUT2D eigenvalue weighted by atomic mass is 9.95. The van der Waals surface area contributed by atoms with E-state index < -0.39 is 0 Å². The predicted molar refractivity (Wildman–Crippen MR) is 105 cm³/mol. The van der Waals surface area contributed by atoms with E-state index in [0.29, 0.717) is 18.3 Å². The zero-order chi connectivity index (χ0) is 19.4. The van der Waals surface area contributed by atoms with Crippen molar-refractivity contribution in [1.29, 1.82) is 0 Å². The summed E-state index contributed by atoms with van der Waals surface area (Å²) in [5.74, 6) is 0.996.